The number of ether oxygens (including phenoxy) is 3. The summed E-state index contributed by atoms with van der Waals surface area (Å²) in [6.45, 7) is 10.2. The Bertz CT molecular complexity index is 561. The van der Waals surface area contributed by atoms with E-state index >= 15 is 0 Å². The maximum atomic E-state index is 5.73. The van der Waals surface area contributed by atoms with Crippen molar-refractivity contribution in [3.8, 4) is 11.5 Å². The Labute approximate surface area is 159 Å². The molecule has 2 rings (SSSR count). The average Bonchev–Trinajstić information content (AvgIpc) is 2.65. The highest BCUT2D eigenvalue weighted by Gasteiger charge is 2.12. The van der Waals surface area contributed by atoms with Crippen LogP contribution in [0, 0.1) is 5.41 Å². The minimum absolute atomic E-state index is 0.309. The molecule has 3 nitrogen and oxygen atoms in total. The largest absolute Gasteiger partial charge is 0.497 e. The standard InChI is InChI=1S/C16H26O2.C7H8O/c1-14(10-11-16(2,3)4)17-12-13-18-15-8-6-5-7-9-15;1-8-7-5-3-2-4-6-7/h5-9,14H,10-13H2,1-4H3;2-6H,1H3. The van der Waals surface area contributed by atoms with Crippen molar-refractivity contribution < 1.29 is 14.2 Å². The number of methoxy groups -OCH3 is 1. The van der Waals surface area contributed by atoms with Crippen molar-refractivity contribution in [2.75, 3.05) is 20.3 Å². The van der Waals surface area contributed by atoms with E-state index in [1.807, 2.05) is 60.7 Å². The van der Waals surface area contributed by atoms with E-state index in [0.717, 1.165) is 17.9 Å². The van der Waals surface area contributed by atoms with E-state index in [0.29, 0.717) is 24.7 Å². The molecule has 1 unspecified atom stereocenters. The Morgan fingerprint density at radius 2 is 1.35 bits per heavy atom. The smallest absolute Gasteiger partial charge is 0.119 e. The van der Waals surface area contributed by atoms with Gasteiger partial charge in [-0.15, -0.1) is 0 Å². The van der Waals surface area contributed by atoms with Crippen LogP contribution < -0.4 is 9.47 Å². The fourth-order valence-corrected chi connectivity index (χ4v) is 2.20. The summed E-state index contributed by atoms with van der Waals surface area (Å²) < 4.78 is 16.2. The van der Waals surface area contributed by atoms with Gasteiger partial charge in [-0.25, -0.2) is 0 Å². The summed E-state index contributed by atoms with van der Waals surface area (Å²) in [4.78, 5) is 0. The summed E-state index contributed by atoms with van der Waals surface area (Å²) in [7, 11) is 1.66. The van der Waals surface area contributed by atoms with Crippen LogP contribution >= 0.6 is 0 Å². The fourth-order valence-electron chi connectivity index (χ4n) is 2.20. The second-order valence-corrected chi connectivity index (χ2v) is 7.46. The van der Waals surface area contributed by atoms with Crippen molar-refractivity contribution in [1.29, 1.82) is 0 Å². The molecular weight excluding hydrogens is 324 g/mol. The Kier molecular flexibility index (Phi) is 10.5. The number of para-hydroxylation sites is 2. The predicted octanol–water partition coefficient (Wildman–Crippen LogP) is 5.99. The third-order valence-corrected chi connectivity index (χ3v) is 3.78. The lowest BCUT2D eigenvalue weighted by molar-refractivity contribution is 0.0337. The molecule has 26 heavy (non-hydrogen) atoms. The van der Waals surface area contributed by atoms with Gasteiger partial charge in [0.15, 0.2) is 0 Å². The first-order valence-corrected chi connectivity index (χ1v) is 9.29. The molecule has 0 radical (unpaired) electrons. The van der Waals surface area contributed by atoms with E-state index in [1.54, 1.807) is 7.11 Å². The van der Waals surface area contributed by atoms with Crippen LogP contribution in [0.15, 0.2) is 60.7 Å². The SMILES string of the molecule is CC(CCC(C)(C)C)OCCOc1ccccc1.COc1ccccc1. The number of benzene rings is 2. The lowest BCUT2D eigenvalue weighted by Crippen LogP contribution is -2.17. The molecule has 0 N–H and O–H groups in total. The third-order valence-electron chi connectivity index (χ3n) is 3.78. The van der Waals surface area contributed by atoms with Gasteiger partial charge in [-0.2, -0.15) is 0 Å². The van der Waals surface area contributed by atoms with Crippen LogP contribution in [-0.2, 0) is 4.74 Å². The first-order chi connectivity index (χ1) is 12.4. The van der Waals surface area contributed by atoms with Gasteiger partial charge in [-0.05, 0) is 49.4 Å². The predicted molar refractivity (Wildman–Crippen MR) is 109 cm³/mol. The van der Waals surface area contributed by atoms with Gasteiger partial charge >= 0.3 is 0 Å². The van der Waals surface area contributed by atoms with E-state index in [-0.39, 0.29) is 0 Å². The van der Waals surface area contributed by atoms with Crippen molar-refractivity contribution in [2.45, 2.75) is 46.6 Å². The van der Waals surface area contributed by atoms with Crippen molar-refractivity contribution >= 4 is 0 Å². The van der Waals surface area contributed by atoms with E-state index in [4.69, 9.17) is 14.2 Å². The second-order valence-electron chi connectivity index (χ2n) is 7.46. The van der Waals surface area contributed by atoms with Gasteiger partial charge in [0.25, 0.3) is 0 Å². The molecule has 0 fully saturated rings. The Hall–Kier alpha value is -2.00. The van der Waals surface area contributed by atoms with Gasteiger partial charge < -0.3 is 14.2 Å². The summed E-state index contributed by atoms with van der Waals surface area (Å²) in [6.07, 6.45) is 2.60. The molecule has 0 heterocycles. The van der Waals surface area contributed by atoms with Crippen molar-refractivity contribution in [3.05, 3.63) is 60.7 Å². The molecule has 0 aliphatic carbocycles. The summed E-state index contributed by atoms with van der Waals surface area (Å²) in [5.74, 6) is 1.82. The van der Waals surface area contributed by atoms with Crippen LogP contribution in [0.5, 0.6) is 11.5 Å². The zero-order valence-electron chi connectivity index (χ0n) is 16.9. The highest BCUT2D eigenvalue weighted by Crippen LogP contribution is 2.22. The first-order valence-electron chi connectivity index (χ1n) is 9.29. The van der Waals surface area contributed by atoms with Gasteiger partial charge in [0.1, 0.15) is 18.1 Å². The zero-order valence-corrected chi connectivity index (χ0v) is 16.9. The number of rotatable bonds is 8. The zero-order chi connectivity index (χ0) is 19.3. The summed E-state index contributed by atoms with van der Waals surface area (Å²) in [5.41, 5.74) is 0.387. The molecule has 0 aliphatic heterocycles. The Morgan fingerprint density at radius 1 is 0.808 bits per heavy atom. The lowest BCUT2D eigenvalue weighted by Gasteiger charge is -2.21. The molecule has 0 aliphatic rings. The Morgan fingerprint density at radius 3 is 1.81 bits per heavy atom. The molecule has 0 saturated carbocycles. The molecule has 0 saturated heterocycles. The molecule has 144 valence electrons. The third kappa shape index (κ3) is 11.5. The van der Waals surface area contributed by atoms with Crippen molar-refractivity contribution in [2.24, 2.45) is 5.41 Å². The average molecular weight is 359 g/mol. The molecule has 2 aromatic rings. The molecule has 2 aromatic carbocycles. The van der Waals surface area contributed by atoms with E-state index < -0.39 is 0 Å². The van der Waals surface area contributed by atoms with E-state index in [1.165, 1.54) is 6.42 Å². The normalized spacial score (nSPS) is 11.9. The van der Waals surface area contributed by atoms with Crippen LogP contribution in [0.2, 0.25) is 0 Å². The molecule has 0 spiro atoms. The van der Waals surface area contributed by atoms with Crippen LogP contribution in [0.25, 0.3) is 0 Å². The minimum atomic E-state index is 0.309. The van der Waals surface area contributed by atoms with Crippen LogP contribution in [-0.4, -0.2) is 26.4 Å². The van der Waals surface area contributed by atoms with Gasteiger partial charge in [-0.1, -0.05) is 57.2 Å². The minimum Gasteiger partial charge on any atom is -0.497 e. The Balaban J connectivity index is 0.000000350. The van der Waals surface area contributed by atoms with E-state index in [2.05, 4.69) is 27.7 Å². The van der Waals surface area contributed by atoms with Crippen LogP contribution in [0.4, 0.5) is 0 Å². The van der Waals surface area contributed by atoms with Gasteiger partial charge in [0, 0.05) is 0 Å². The fraction of sp³-hybridized carbons (Fsp3) is 0.478. The van der Waals surface area contributed by atoms with Crippen molar-refractivity contribution in [3.63, 3.8) is 0 Å². The molecule has 3 heteroatoms. The number of hydrogen-bond acceptors (Lipinski definition) is 3. The maximum absolute atomic E-state index is 5.73. The lowest BCUT2D eigenvalue weighted by atomic mass is 9.89. The summed E-state index contributed by atoms with van der Waals surface area (Å²) in [5, 5.41) is 0. The van der Waals surface area contributed by atoms with Crippen molar-refractivity contribution in [1.82, 2.24) is 0 Å². The molecular formula is C23H34O3. The molecule has 0 aromatic heterocycles. The maximum Gasteiger partial charge on any atom is 0.119 e. The topological polar surface area (TPSA) is 27.7 Å². The number of hydrogen-bond donors (Lipinski definition) is 0. The molecule has 0 amide bonds. The molecule has 1 atom stereocenters. The van der Waals surface area contributed by atoms with Gasteiger partial charge in [-0.3, -0.25) is 0 Å². The summed E-state index contributed by atoms with van der Waals surface area (Å²) >= 11 is 0. The highest BCUT2D eigenvalue weighted by atomic mass is 16.5. The van der Waals surface area contributed by atoms with Gasteiger partial charge in [0.2, 0.25) is 0 Å². The second kappa shape index (κ2) is 12.4. The monoisotopic (exact) mass is 358 g/mol. The summed E-state index contributed by atoms with van der Waals surface area (Å²) in [6, 6.07) is 19.5. The quantitative estimate of drug-likeness (QED) is 0.542. The van der Waals surface area contributed by atoms with E-state index in [9.17, 15) is 0 Å². The first kappa shape index (κ1) is 22.0. The van der Waals surface area contributed by atoms with Crippen LogP contribution in [0.1, 0.15) is 40.5 Å². The van der Waals surface area contributed by atoms with Gasteiger partial charge in [0.05, 0.1) is 19.8 Å². The van der Waals surface area contributed by atoms with Crippen LogP contribution in [0.3, 0.4) is 0 Å². The highest BCUT2D eigenvalue weighted by molar-refractivity contribution is 5.21. The molecule has 0 bridgehead atoms.